The average Bonchev–Trinajstić information content (AvgIpc) is 2.44. The number of nitrogens with zero attached hydrogens (tertiary/aromatic N) is 1. The van der Waals surface area contributed by atoms with Crippen LogP contribution in [-0.4, -0.2) is 47.6 Å². The highest BCUT2D eigenvalue weighted by atomic mass is 32.2. The van der Waals surface area contributed by atoms with Crippen molar-refractivity contribution in [2.24, 2.45) is 5.92 Å². The number of hydrogen-bond donors (Lipinski definition) is 1. The SMILES string of the molecule is C=CCSCCN1CC2(CCCCC2)NCC1C(C)C. The maximum Gasteiger partial charge on any atom is 0.0309 e. The van der Waals surface area contributed by atoms with Gasteiger partial charge < -0.3 is 5.32 Å². The standard InChI is InChI=1S/C17H32N2S/c1-4-11-20-12-10-19-14-17(8-6-5-7-9-17)18-13-16(19)15(2)3/h4,15-16,18H,1,5-14H2,2-3H3. The Morgan fingerprint density at radius 3 is 2.75 bits per heavy atom. The number of thioether (sulfide) groups is 1. The van der Waals surface area contributed by atoms with Crippen molar-refractivity contribution in [2.45, 2.75) is 57.5 Å². The number of piperazine rings is 1. The molecule has 2 aliphatic rings. The van der Waals surface area contributed by atoms with Gasteiger partial charge in [-0.15, -0.1) is 6.58 Å². The van der Waals surface area contributed by atoms with Crippen molar-refractivity contribution >= 4 is 11.8 Å². The highest BCUT2D eigenvalue weighted by Gasteiger charge is 2.40. The Labute approximate surface area is 129 Å². The normalized spacial score (nSPS) is 27.1. The molecule has 1 aliphatic heterocycles. The summed E-state index contributed by atoms with van der Waals surface area (Å²) in [6.45, 7) is 12.2. The first-order chi connectivity index (χ1) is 9.67. The topological polar surface area (TPSA) is 15.3 Å². The minimum atomic E-state index is 0.437. The molecule has 3 heteroatoms. The lowest BCUT2D eigenvalue weighted by Gasteiger charge is -2.51. The van der Waals surface area contributed by atoms with E-state index in [1.54, 1.807) is 0 Å². The molecule has 116 valence electrons. The van der Waals surface area contributed by atoms with Crippen LogP contribution in [0.15, 0.2) is 12.7 Å². The molecule has 1 heterocycles. The van der Waals surface area contributed by atoms with E-state index in [9.17, 15) is 0 Å². The molecule has 0 aromatic heterocycles. The highest BCUT2D eigenvalue weighted by Crippen LogP contribution is 2.33. The number of hydrogen-bond acceptors (Lipinski definition) is 3. The fourth-order valence-corrected chi connectivity index (χ4v) is 4.52. The molecule has 0 bridgehead atoms. The van der Waals surface area contributed by atoms with E-state index in [1.165, 1.54) is 57.5 Å². The van der Waals surface area contributed by atoms with Gasteiger partial charge in [0.25, 0.3) is 0 Å². The molecule has 1 unspecified atom stereocenters. The van der Waals surface area contributed by atoms with Gasteiger partial charge in [0, 0.05) is 42.7 Å². The zero-order valence-electron chi connectivity index (χ0n) is 13.4. The maximum absolute atomic E-state index is 3.93. The fourth-order valence-electron chi connectivity index (χ4n) is 3.83. The molecule has 2 nitrogen and oxygen atoms in total. The van der Waals surface area contributed by atoms with Crippen LogP contribution in [0.2, 0.25) is 0 Å². The summed E-state index contributed by atoms with van der Waals surface area (Å²) in [6, 6.07) is 0.715. The molecule has 0 amide bonds. The van der Waals surface area contributed by atoms with Gasteiger partial charge in [-0.25, -0.2) is 0 Å². The summed E-state index contributed by atoms with van der Waals surface area (Å²) in [4.78, 5) is 2.78. The zero-order valence-corrected chi connectivity index (χ0v) is 14.2. The Morgan fingerprint density at radius 2 is 2.10 bits per heavy atom. The van der Waals surface area contributed by atoms with Crippen LogP contribution >= 0.6 is 11.8 Å². The Balaban J connectivity index is 1.92. The van der Waals surface area contributed by atoms with Crippen molar-refractivity contribution in [3.8, 4) is 0 Å². The second-order valence-corrected chi connectivity index (χ2v) is 8.02. The molecule has 1 aliphatic carbocycles. The molecular formula is C17H32N2S. The van der Waals surface area contributed by atoms with Gasteiger partial charge in [-0.3, -0.25) is 4.90 Å². The van der Waals surface area contributed by atoms with Gasteiger partial charge in [0.2, 0.25) is 0 Å². The van der Waals surface area contributed by atoms with Crippen LogP contribution in [0.5, 0.6) is 0 Å². The van der Waals surface area contributed by atoms with Gasteiger partial charge in [0.1, 0.15) is 0 Å². The van der Waals surface area contributed by atoms with E-state index < -0.39 is 0 Å². The van der Waals surface area contributed by atoms with E-state index in [1.807, 2.05) is 17.8 Å². The molecule has 0 aromatic rings. The van der Waals surface area contributed by atoms with Crippen molar-refractivity contribution in [3.05, 3.63) is 12.7 Å². The second kappa shape index (κ2) is 7.86. The van der Waals surface area contributed by atoms with Crippen molar-refractivity contribution in [3.63, 3.8) is 0 Å². The minimum Gasteiger partial charge on any atom is -0.308 e. The highest BCUT2D eigenvalue weighted by molar-refractivity contribution is 7.99. The van der Waals surface area contributed by atoms with Crippen molar-refractivity contribution in [1.29, 1.82) is 0 Å². The van der Waals surface area contributed by atoms with Gasteiger partial charge in [-0.2, -0.15) is 11.8 Å². The average molecular weight is 297 g/mol. The fraction of sp³-hybridized carbons (Fsp3) is 0.882. The Morgan fingerprint density at radius 1 is 1.35 bits per heavy atom. The minimum absolute atomic E-state index is 0.437. The van der Waals surface area contributed by atoms with Gasteiger partial charge >= 0.3 is 0 Å². The molecular weight excluding hydrogens is 264 g/mol. The summed E-state index contributed by atoms with van der Waals surface area (Å²) in [5, 5.41) is 3.93. The van der Waals surface area contributed by atoms with Crippen LogP contribution in [0.4, 0.5) is 0 Å². The van der Waals surface area contributed by atoms with Crippen molar-refractivity contribution in [2.75, 3.05) is 31.1 Å². The number of rotatable bonds is 6. The third-order valence-electron chi connectivity index (χ3n) is 5.00. The first kappa shape index (κ1) is 16.4. The van der Waals surface area contributed by atoms with Crippen LogP contribution in [0, 0.1) is 5.92 Å². The van der Waals surface area contributed by atoms with E-state index in [0.717, 1.165) is 11.7 Å². The van der Waals surface area contributed by atoms with E-state index in [-0.39, 0.29) is 0 Å². The predicted octanol–water partition coefficient (Wildman–Crippen LogP) is 3.54. The van der Waals surface area contributed by atoms with E-state index in [2.05, 4.69) is 30.6 Å². The molecule has 1 saturated heterocycles. The maximum atomic E-state index is 3.93. The zero-order chi connectivity index (χ0) is 14.4. The van der Waals surface area contributed by atoms with Crippen LogP contribution in [-0.2, 0) is 0 Å². The molecule has 2 fully saturated rings. The number of nitrogens with one attached hydrogen (secondary N) is 1. The summed E-state index contributed by atoms with van der Waals surface area (Å²) >= 11 is 2.02. The quantitative estimate of drug-likeness (QED) is 0.596. The van der Waals surface area contributed by atoms with Gasteiger partial charge in [0.15, 0.2) is 0 Å². The molecule has 1 atom stereocenters. The van der Waals surface area contributed by atoms with Crippen molar-refractivity contribution in [1.82, 2.24) is 10.2 Å². The van der Waals surface area contributed by atoms with E-state index >= 15 is 0 Å². The molecule has 20 heavy (non-hydrogen) atoms. The molecule has 0 aromatic carbocycles. The molecule has 1 spiro atoms. The Hall–Kier alpha value is 0.01000. The van der Waals surface area contributed by atoms with Gasteiger partial charge in [-0.05, 0) is 18.8 Å². The predicted molar refractivity (Wildman–Crippen MR) is 91.5 cm³/mol. The lowest BCUT2D eigenvalue weighted by Crippen LogP contribution is -2.66. The second-order valence-electron chi connectivity index (χ2n) is 6.87. The van der Waals surface area contributed by atoms with Crippen molar-refractivity contribution < 1.29 is 0 Å². The van der Waals surface area contributed by atoms with Crippen LogP contribution in [0.25, 0.3) is 0 Å². The molecule has 1 saturated carbocycles. The summed E-state index contributed by atoms with van der Waals surface area (Å²) in [5.74, 6) is 3.07. The summed E-state index contributed by atoms with van der Waals surface area (Å²) in [7, 11) is 0. The first-order valence-electron chi connectivity index (χ1n) is 8.34. The summed E-state index contributed by atoms with van der Waals surface area (Å²) in [6.07, 6.45) is 9.05. The first-order valence-corrected chi connectivity index (χ1v) is 9.50. The van der Waals surface area contributed by atoms with E-state index in [4.69, 9.17) is 0 Å². The Bertz CT molecular complexity index is 297. The summed E-state index contributed by atoms with van der Waals surface area (Å²) in [5.41, 5.74) is 0.437. The van der Waals surface area contributed by atoms with Gasteiger partial charge in [0.05, 0.1) is 0 Å². The molecule has 0 radical (unpaired) electrons. The Kier molecular flexibility index (Phi) is 6.44. The lowest BCUT2D eigenvalue weighted by atomic mass is 9.78. The van der Waals surface area contributed by atoms with Crippen LogP contribution in [0.3, 0.4) is 0 Å². The third-order valence-corrected chi connectivity index (χ3v) is 5.94. The molecule has 2 rings (SSSR count). The lowest BCUT2D eigenvalue weighted by molar-refractivity contribution is 0.0413. The van der Waals surface area contributed by atoms with Crippen LogP contribution in [0.1, 0.15) is 46.0 Å². The molecule has 1 N–H and O–H groups in total. The smallest absolute Gasteiger partial charge is 0.0309 e. The third kappa shape index (κ3) is 4.25. The summed E-state index contributed by atoms with van der Waals surface area (Å²) < 4.78 is 0. The van der Waals surface area contributed by atoms with E-state index in [0.29, 0.717) is 11.6 Å². The largest absolute Gasteiger partial charge is 0.308 e. The van der Waals surface area contributed by atoms with Crippen LogP contribution < -0.4 is 5.32 Å². The van der Waals surface area contributed by atoms with Gasteiger partial charge in [-0.1, -0.05) is 39.2 Å². The monoisotopic (exact) mass is 296 g/mol.